The minimum atomic E-state index is -0.643. The van der Waals surface area contributed by atoms with E-state index < -0.39 is 5.54 Å². The first-order valence-electron chi connectivity index (χ1n) is 10.7. The van der Waals surface area contributed by atoms with Gasteiger partial charge >= 0.3 is 0 Å². The predicted molar refractivity (Wildman–Crippen MR) is 112 cm³/mol. The third kappa shape index (κ3) is 4.42. The smallest absolute Gasteiger partial charge is 0.242 e. The van der Waals surface area contributed by atoms with E-state index in [0.29, 0.717) is 5.92 Å². The molecular weight excluding hydrogens is 366 g/mol. The van der Waals surface area contributed by atoms with Crippen molar-refractivity contribution in [2.45, 2.75) is 70.3 Å². The second kappa shape index (κ2) is 8.10. The van der Waals surface area contributed by atoms with Gasteiger partial charge in [0.05, 0.1) is 5.54 Å². The molecule has 2 aliphatic rings. The zero-order chi connectivity index (χ0) is 20.4. The summed E-state index contributed by atoms with van der Waals surface area (Å²) in [5.74, 6) is 2.69. The lowest BCUT2D eigenvalue weighted by Crippen LogP contribution is -2.57. The lowest BCUT2D eigenvalue weighted by atomic mass is 9.80. The van der Waals surface area contributed by atoms with Gasteiger partial charge in [-0.2, -0.15) is 5.10 Å². The van der Waals surface area contributed by atoms with Crippen LogP contribution in [0.4, 0.5) is 11.6 Å². The Bertz CT molecular complexity index is 864. The Kier molecular flexibility index (Phi) is 5.54. The molecule has 156 valence electrons. The Labute approximate surface area is 171 Å². The number of H-pyrrole nitrogens is 1. The molecule has 1 aliphatic carbocycles. The van der Waals surface area contributed by atoms with Gasteiger partial charge in [-0.3, -0.25) is 9.89 Å². The zero-order valence-corrected chi connectivity index (χ0v) is 17.4. The molecular formula is C21H31N7O. The highest BCUT2D eigenvalue weighted by Gasteiger charge is 2.39. The lowest BCUT2D eigenvalue weighted by molar-refractivity contribution is -0.139. The summed E-state index contributed by atoms with van der Waals surface area (Å²) in [6, 6.07) is 3.94. The highest BCUT2D eigenvalue weighted by molar-refractivity contribution is 5.86. The molecule has 4 N–H and O–H groups in total. The van der Waals surface area contributed by atoms with Crippen LogP contribution in [0.25, 0.3) is 0 Å². The molecule has 0 bridgehead atoms. The number of nitrogens with one attached hydrogen (secondary N) is 2. The molecule has 1 saturated heterocycles. The second-order valence-electron chi connectivity index (χ2n) is 8.57. The molecule has 2 aromatic heterocycles. The Balaban J connectivity index is 1.41. The first kappa shape index (κ1) is 19.8. The minimum absolute atomic E-state index is 0.144. The summed E-state index contributed by atoms with van der Waals surface area (Å²) >= 11 is 0. The number of carbonyl (C=O) groups is 1. The van der Waals surface area contributed by atoms with E-state index in [1.807, 2.05) is 30.9 Å². The van der Waals surface area contributed by atoms with E-state index >= 15 is 0 Å². The maximum atomic E-state index is 13.0. The number of anilines is 2. The van der Waals surface area contributed by atoms with Crippen LogP contribution in [0.2, 0.25) is 0 Å². The summed E-state index contributed by atoms with van der Waals surface area (Å²) in [6.07, 6.45) is 6.75. The number of aromatic amines is 1. The molecule has 8 heteroatoms. The van der Waals surface area contributed by atoms with Crippen molar-refractivity contribution in [3.63, 3.8) is 0 Å². The molecule has 0 atom stereocenters. The third-order valence-electron chi connectivity index (χ3n) is 6.19. The Morgan fingerprint density at radius 2 is 1.86 bits per heavy atom. The van der Waals surface area contributed by atoms with Gasteiger partial charge in [0, 0.05) is 42.5 Å². The predicted octanol–water partition coefficient (Wildman–Crippen LogP) is 2.93. The van der Waals surface area contributed by atoms with Crippen molar-refractivity contribution in [1.29, 1.82) is 0 Å². The van der Waals surface area contributed by atoms with Gasteiger partial charge in [-0.15, -0.1) is 0 Å². The van der Waals surface area contributed by atoms with E-state index in [1.165, 1.54) is 6.42 Å². The van der Waals surface area contributed by atoms with Crippen molar-refractivity contribution in [3.8, 4) is 0 Å². The number of carbonyl (C=O) groups excluding carboxylic acids is 1. The fourth-order valence-corrected chi connectivity index (χ4v) is 4.57. The van der Waals surface area contributed by atoms with Gasteiger partial charge in [0.25, 0.3) is 0 Å². The summed E-state index contributed by atoms with van der Waals surface area (Å²) in [7, 11) is 0. The molecule has 4 rings (SSSR count). The summed E-state index contributed by atoms with van der Waals surface area (Å²) in [5, 5.41) is 10.4. The van der Waals surface area contributed by atoms with Crippen LogP contribution >= 0.6 is 0 Å². The topological polar surface area (TPSA) is 113 Å². The molecule has 3 heterocycles. The van der Waals surface area contributed by atoms with Crippen LogP contribution in [0.5, 0.6) is 0 Å². The molecule has 1 aliphatic heterocycles. The fourth-order valence-electron chi connectivity index (χ4n) is 4.57. The van der Waals surface area contributed by atoms with E-state index in [2.05, 4.69) is 25.5 Å². The van der Waals surface area contributed by atoms with Crippen molar-refractivity contribution in [2.24, 2.45) is 5.73 Å². The number of piperidine rings is 1. The molecule has 0 radical (unpaired) electrons. The standard InChI is InChI=1S/C21H31N7O/c1-14-12-19(27-26-14)25-18-13-17(23-15(2)24-18)16-6-10-28(11-7-16)20(29)21(22)8-4-3-5-9-21/h12-13,16H,3-11,22H2,1-2H3,(H2,23,24,25,26,27). The minimum Gasteiger partial charge on any atom is -0.341 e. The maximum absolute atomic E-state index is 13.0. The Hall–Kier alpha value is -2.48. The number of amides is 1. The zero-order valence-electron chi connectivity index (χ0n) is 17.4. The number of hydrogen-bond acceptors (Lipinski definition) is 6. The van der Waals surface area contributed by atoms with E-state index in [4.69, 9.17) is 5.73 Å². The van der Waals surface area contributed by atoms with Gasteiger partial charge in [-0.1, -0.05) is 19.3 Å². The van der Waals surface area contributed by atoms with Crippen LogP contribution in [0, 0.1) is 13.8 Å². The van der Waals surface area contributed by atoms with Crippen LogP contribution < -0.4 is 11.1 Å². The monoisotopic (exact) mass is 397 g/mol. The van der Waals surface area contributed by atoms with E-state index in [0.717, 1.165) is 80.5 Å². The van der Waals surface area contributed by atoms with Crippen molar-refractivity contribution in [1.82, 2.24) is 25.1 Å². The third-order valence-corrected chi connectivity index (χ3v) is 6.19. The van der Waals surface area contributed by atoms with E-state index in [-0.39, 0.29) is 5.91 Å². The normalized spacial score (nSPS) is 19.9. The molecule has 0 spiro atoms. The number of aromatic nitrogens is 4. The van der Waals surface area contributed by atoms with Crippen molar-refractivity contribution in [3.05, 3.63) is 29.3 Å². The highest BCUT2D eigenvalue weighted by atomic mass is 16.2. The average Bonchev–Trinajstić information content (AvgIpc) is 3.12. The number of aryl methyl sites for hydroxylation is 2. The summed E-state index contributed by atoms with van der Waals surface area (Å²) in [5.41, 5.74) is 7.84. The van der Waals surface area contributed by atoms with Crippen LogP contribution in [-0.4, -0.2) is 49.6 Å². The number of nitrogens with zero attached hydrogens (tertiary/aromatic N) is 4. The first-order valence-corrected chi connectivity index (χ1v) is 10.7. The van der Waals surface area contributed by atoms with Crippen molar-refractivity contribution >= 4 is 17.5 Å². The maximum Gasteiger partial charge on any atom is 0.242 e. The number of rotatable bonds is 4. The average molecular weight is 398 g/mol. The van der Waals surface area contributed by atoms with Crippen LogP contribution in [0.15, 0.2) is 12.1 Å². The molecule has 0 unspecified atom stereocenters. The van der Waals surface area contributed by atoms with Crippen molar-refractivity contribution in [2.75, 3.05) is 18.4 Å². The molecule has 2 fully saturated rings. The quantitative estimate of drug-likeness (QED) is 0.731. The molecule has 29 heavy (non-hydrogen) atoms. The number of hydrogen-bond donors (Lipinski definition) is 3. The Morgan fingerprint density at radius 1 is 1.14 bits per heavy atom. The largest absolute Gasteiger partial charge is 0.341 e. The first-order chi connectivity index (χ1) is 13.9. The number of likely N-dealkylation sites (tertiary alicyclic amines) is 1. The second-order valence-corrected chi connectivity index (χ2v) is 8.57. The lowest BCUT2D eigenvalue weighted by Gasteiger charge is -2.40. The number of nitrogens with two attached hydrogens (primary N) is 1. The molecule has 8 nitrogen and oxygen atoms in total. The fraction of sp³-hybridized carbons (Fsp3) is 0.619. The SMILES string of the molecule is Cc1nc(Nc2cc(C)[nH]n2)cc(C2CCN(C(=O)C3(N)CCCCC3)CC2)n1. The van der Waals surface area contributed by atoms with Crippen LogP contribution in [0.3, 0.4) is 0 Å². The molecule has 2 aromatic rings. The van der Waals surface area contributed by atoms with Gasteiger partial charge in [0.15, 0.2) is 5.82 Å². The van der Waals surface area contributed by atoms with E-state index in [9.17, 15) is 4.79 Å². The van der Waals surface area contributed by atoms with Gasteiger partial charge in [-0.05, 0) is 39.5 Å². The van der Waals surface area contributed by atoms with Crippen LogP contribution in [-0.2, 0) is 4.79 Å². The molecule has 0 aromatic carbocycles. The van der Waals surface area contributed by atoms with Crippen molar-refractivity contribution < 1.29 is 4.79 Å². The van der Waals surface area contributed by atoms with Crippen LogP contribution in [0.1, 0.15) is 68.1 Å². The summed E-state index contributed by atoms with van der Waals surface area (Å²) < 4.78 is 0. The summed E-state index contributed by atoms with van der Waals surface area (Å²) in [4.78, 5) is 24.1. The van der Waals surface area contributed by atoms with E-state index in [1.54, 1.807) is 0 Å². The summed E-state index contributed by atoms with van der Waals surface area (Å²) in [6.45, 7) is 5.35. The van der Waals surface area contributed by atoms with Gasteiger partial charge in [0.1, 0.15) is 11.6 Å². The Morgan fingerprint density at radius 3 is 2.52 bits per heavy atom. The highest BCUT2D eigenvalue weighted by Crippen LogP contribution is 2.32. The molecule has 1 amide bonds. The molecule has 1 saturated carbocycles. The van der Waals surface area contributed by atoms with Gasteiger partial charge < -0.3 is 16.0 Å². The van der Waals surface area contributed by atoms with Gasteiger partial charge in [-0.25, -0.2) is 9.97 Å². The van der Waals surface area contributed by atoms with Gasteiger partial charge in [0.2, 0.25) is 5.91 Å².